The summed E-state index contributed by atoms with van der Waals surface area (Å²) in [6.45, 7) is 1.89. The molecule has 0 spiro atoms. The second kappa shape index (κ2) is 7.81. The summed E-state index contributed by atoms with van der Waals surface area (Å²) in [5.41, 5.74) is 1.89. The lowest BCUT2D eigenvalue weighted by atomic mass is 10.0. The van der Waals surface area contributed by atoms with Crippen molar-refractivity contribution in [3.05, 3.63) is 107 Å². The highest BCUT2D eigenvalue weighted by Crippen LogP contribution is 2.36. The molecule has 5 rings (SSSR count). The van der Waals surface area contributed by atoms with Crippen molar-refractivity contribution in [3.8, 4) is 17.2 Å². The summed E-state index contributed by atoms with van der Waals surface area (Å²) < 4.78 is 30.8. The molecular weight excluding hydrogens is 411 g/mol. The number of esters is 1. The summed E-state index contributed by atoms with van der Waals surface area (Å²) in [7, 11) is 0. The van der Waals surface area contributed by atoms with E-state index in [1.165, 1.54) is 36.4 Å². The maximum absolute atomic E-state index is 13.8. The van der Waals surface area contributed by atoms with E-state index in [-0.39, 0.29) is 34.7 Å². The lowest BCUT2D eigenvalue weighted by Crippen LogP contribution is -2.18. The van der Waals surface area contributed by atoms with Crippen molar-refractivity contribution in [2.24, 2.45) is 0 Å². The number of allylic oxidation sites excluding steroid dienone is 1. The summed E-state index contributed by atoms with van der Waals surface area (Å²) in [4.78, 5) is 25.1. The van der Waals surface area contributed by atoms with Crippen molar-refractivity contribution in [1.29, 1.82) is 0 Å². The molecule has 2 aliphatic rings. The van der Waals surface area contributed by atoms with Gasteiger partial charge in [0.2, 0.25) is 5.78 Å². The fourth-order valence-electron chi connectivity index (χ4n) is 3.59. The molecule has 0 saturated carbocycles. The second-order valence-corrected chi connectivity index (χ2v) is 7.41. The maximum atomic E-state index is 13.8. The summed E-state index contributed by atoms with van der Waals surface area (Å²) in [6.07, 6.45) is 3.36. The normalized spacial score (nSPS) is 17.7. The minimum absolute atomic E-state index is 0.147. The third-order valence-corrected chi connectivity index (χ3v) is 5.26. The van der Waals surface area contributed by atoms with Crippen LogP contribution in [0.2, 0.25) is 0 Å². The first-order valence-electron chi connectivity index (χ1n) is 10.0. The van der Waals surface area contributed by atoms with E-state index >= 15 is 0 Å². The number of halogens is 1. The summed E-state index contributed by atoms with van der Waals surface area (Å²) >= 11 is 0. The van der Waals surface area contributed by atoms with Gasteiger partial charge in [-0.25, -0.2) is 9.18 Å². The molecule has 0 radical (unpaired) electrons. The van der Waals surface area contributed by atoms with Crippen LogP contribution in [0.1, 0.15) is 33.2 Å². The molecule has 0 saturated heterocycles. The molecule has 0 fully saturated rings. The van der Waals surface area contributed by atoms with Crippen LogP contribution in [0.5, 0.6) is 17.2 Å². The smallest absolute Gasteiger partial charge is 0.346 e. The van der Waals surface area contributed by atoms with Gasteiger partial charge in [-0.1, -0.05) is 30.3 Å². The van der Waals surface area contributed by atoms with Gasteiger partial charge in [0.15, 0.2) is 5.76 Å². The number of hydrogen-bond donors (Lipinski definition) is 0. The SMILES string of the molecule is C[C@@H]1Oc2ccccc2C=C1C=C1Oc2cc(OC(=O)c3ccccc3F)ccc2C1=O. The molecule has 1 atom stereocenters. The van der Waals surface area contributed by atoms with Crippen LogP contribution in [0.3, 0.4) is 0 Å². The number of para-hydroxylation sites is 1. The second-order valence-electron chi connectivity index (χ2n) is 7.41. The molecule has 0 amide bonds. The average Bonchev–Trinajstić information content (AvgIpc) is 3.09. The van der Waals surface area contributed by atoms with Gasteiger partial charge in [0, 0.05) is 11.6 Å². The Bertz CT molecular complexity index is 1320. The maximum Gasteiger partial charge on any atom is 0.346 e. The molecule has 5 nitrogen and oxygen atoms in total. The number of ether oxygens (including phenoxy) is 3. The molecule has 3 aromatic rings. The van der Waals surface area contributed by atoms with E-state index in [4.69, 9.17) is 14.2 Å². The number of ketones is 1. The van der Waals surface area contributed by atoms with Gasteiger partial charge in [0.1, 0.15) is 29.2 Å². The van der Waals surface area contributed by atoms with Crippen LogP contribution in [0, 0.1) is 5.82 Å². The third-order valence-electron chi connectivity index (χ3n) is 5.26. The van der Waals surface area contributed by atoms with Crippen LogP contribution in [-0.4, -0.2) is 17.9 Å². The average molecular weight is 428 g/mol. The molecule has 0 aromatic heterocycles. The number of rotatable bonds is 3. The fourth-order valence-corrected chi connectivity index (χ4v) is 3.59. The first-order valence-corrected chi connectivity index (χ1v) is 10.0. The van der Waals surface area contributed by atoms with E-state index in [1.54, 1.807) is 12.1 Å². The van der Waals surface area contributed by atoms with Gasteiger partial charge < -0.3 is 14.2 Å². The van der Waals surface area contributed by atoms with Gasteiger partial charge >= 0.3 is 5.97 Å². The van der Waals surface area contributed by atoms with E-state index in [0.29, 0.717) is 5.56 Å². The van der Waals surface area contributed by atoms with Crippen LogP contribution in [0.15, 0.2) is 84.1 Å². The Hall–Kier alpha value is -4.19. The van der Waals surface area contributed by atoms with Crippen LogP contribution in [0.4, 0.5) is 4.39 Å². The lowest BCUT2D eigenvalue weighted by Gasteiger charge is -2.22. The minimum Gasteiger partial charge on any atom is -0.485 e. The van der Waals surface area contributed by atoms with E-state index in [2.05, 4.69) is 0 Å². The first-order chi connectivity index (χ1) is 15.5. The van der Waals surface area contributed by atoms with Crippen LogP contribution in [0.25, 0.3) is 6.08 Å². The number of benzene rings is 3. The number of fused-ring (bicyclic) bond motifs is 2. The number of hydrogen-bond acceptors (Lipinski definition) is 5. The Morgan fingerprint density at radius 3 is 2.66 bits per heavy atom. The minimum atomic E-state index is -0.833. The Labute approximate surface area is 183 Å². The molecule has 2 heterocycles. The monoisotopic (exact) mass is 428 g/mol. The molecule has 0 aliphatic carbocycles. The molecule has 3 aromatic carbocycles. The van der Waals surface area contributed by atoms with Crippen molar-refractivity contribution >= 4 is 17.8 Å². The predicted octanol–water partition coefficient (Wildman–Crippen LogP) is 5.37. The molecule has 0 bridgehead atoms. The van der Waals surface area contributed by atoms with Gasteiger partial charge in [-0.15, -0.1) is 0 Å². The van der Waals surface area contributed by atoms with Crippen LogP contribution < -0.4 is 14.2 Å². The van der Waals surface area contributed by atoms with Crippen molar-refractivity contribution < 1.29 is 28.2 Å². The van der Waals surface area contributed by atoms with Crippen LogP contribution >= 0.6 is 0 Å². The fraction of sp³-hybridized carbons (Fsp3) is 0.0769. The van der Waals surface area contributed by atoms with E-state index in [1.807, 2.05) is 37.3 Å². The Balaban J connectivity index is 1.39. The highest BCUT2D eigenvalue weighted by atomic mass is 19.1. The molecular formula is C26H17FO5. The Morgan fingerprint density at radius 2 is 1.81 bits per heavy atom. The highest BCUT2D eigenvalue weighted by Gasteiger charge is 2.29. The summed E-state index contributed by atoms with van der Waals surface area (Å²) in [6, 6.07) is 17.6. The number of carbonyl (C=O) groups excluding carboxylic acids is 2. The van der Waals surface area contributed by atoms with E-state index in [9.17, 15) is 14.0 Å². The predicted molar refractivity (Wildman–Crippen MR) is 115 cm³/mol. The Kier molecular flexibility index (Phi) is 4.82. The zero-order valence-corrected chi connectivity index (χ0v) is 17.0. The standard InChI is InChI=1S/C26H17FO5/c1-15-17(12-16-6-2-5-9-22(16)30-15)13-24-25(28)20-11-10-18(14-23(20)32-24)31-26(29)19-7-3-4-8-21(19)27/h2-15H,1H3/t15-/m0/s1. The molecule has 2 aliphatic heterocycles. The van der Waals surface area contributed by atoms with Crippen molar-refractivity contribution in [2.45, 2.75) is 13.0 Å². The van der Waals surface area contributed by atoms with Gasteiger partial charge in [-0.05, 0) is 55.0 Å². The van der Waals surface area contributed by atoms with Crippen LogP contribution in [-0.2, 0) is 0 Å². The highest BCUT2D eigenvalue weighted by molar-refractivity contribution is 6.12. The van der Waals surface area contributed by atoms with E-state index < -0.39 is 11.8 Å². The topological polar surface area (TPSA) is 61.8 Å². The largest absolute Gasteiger partial charge is 0.485 e. The molecule has 0 unspecified atom stereocenters. The van der Waals surface area contributed by atoms with Gasteiger partial charge in [0.25, 0.3) is 0 Å². The van der Waals surface area contributed by atoms with Gasteiger partial charge in [-0.3, -0.25) is 4.79 Å². The quantitative estimate of drug-likeness (QED) is 0.319. The molecule has 0 N–H and O–H groups in total. The third kappa shape index (κ3) is 3.56. The zero-order chi connectivity index (χ0) is 22.2. The Morgan fingerprint density at radius 1 is 1.03 bits per heavy atom. The van der Waals surface area contributed by atoms with Crippen molar-refractivity contribution in [3.63, 3.8) is 0 Å². The lowest BCUT2D eigenvalue weighted by molar-refractivity contribution is 0.0729. The first kappa shape index (κ1) is 19.8. The number of Topliss-reactive ketones (excluding diaryl/α,β-unsaturated/α-hetero) is 1. The van der Waals surface area contributed by atoms with Gasteiger partial charge in [0.05, 0.1) is 11.1 Å². The molecule has 158 valence electrons. The summed E-state index contributed by atoms with van der Waals surface area (Å²) in [5.74, 6) is -0.434. The van der Waals surface area contributed by atoms with Crippen molar-refractivity contribution in [2.75, 3.05) is 0 Å². The van der Waals surface area contributed by atoms with Gasteiger partial charge in [-0.2, -0.15) is 0 Å². The number of carbonyl (C=O) groups is 2. The molecule has 32 heavy (non-hydrogen) atoms. The summed E-state index contributed by atoms with van der Waals surface area (Å²) in [5, 5.41) is 0. The van der Waals surface area contributed by atoms with Crippen molar-refractivity contribution in [1.82, 2.24) is 0 Å². The zero-order valence-electron chi connectivity index (χ0n) is 17.0. The molecule has 6 heteroatoms. The van der Waals surface area contributed by atoms with E-state index in [0.717, 1.165) is 16.9 Å².